The number of nitrogens with zero attached hydrogens (tertiary/aromatic N) is 3. The van der Waals surface area contributed by atoms with Crippen molar-refractivity contribution in [2.24, 2.45) is 4.99 Å². The number of rotatable bonds is 5. The smallest absolute Gasteiger partial charge is 0.269 e. The van der Waals surface area contributed by atoms with Gasteiger partial charge in [0.2, 0.25) is 0 Å². The molecule has 0 saturated carbocycles. The molecule has 0 N–H and O–H groups in total. The van der Waals surface area contributed by atoms with Crippen molar-refractivity contribution in [2.45, 2.75) is 0 Å². The number of aliphatic imine (C=N–C) groups is 1. The van der Waals surface area contributed by atoms with Crippen molar-refractivity contribution >= 4 is 34.9 Å². The fourth-order valence-electron chi connectivity index (χ4n) is 4.19. The maximum atomic E-state index is 10.9. The van der Waals surface area contributed by atoms with Crippen LogP contribution in [0.1, 0.15) is 22.3 Å². The minimum Gasteiger partial charge on any atom is -0.378 e. The molecule has 0 unspecified atom stereocenters. The third-order valence-electron chi connectivity index (χ3n) is 5.99. The van der Waals surface area contributed by atoms with Crippen molar-refractivity contribution in [1.29, 1.82) is 0 Å². The number of non-ortho nitro benzene ring substituents is 1. The fourth-order valence-corrected chi connectivity index (χ4v) is 4.19. The number of hydrogen-bond donors (Lipinski definition) is 0. The Balaban J connectivity index is 1.51. The third kappa shape index (κ3) is 4.11. The van der Waals surface area contributed by atoms with Crippen molar-refractivity contribution in [1.82, 2.24) is 0 Å². The minimum atomic E-state index is -0.402. The Morgan fingerprint density at radius 2 is 1.41 bits per heavy atom. The highest BCUT2D eigenvalue weighted by Crippen LogP contribution is 2.46. The van der Waals surface area contributed by atoms with E-state index in [4.69, 9.17) is 0 Å². The van der Waals surface area contributed by atoms with Crippen LogP contribution in [0.3, 0.4) is 0 Å². The molecule has 0 bridgehead atoms. The predicted molar refractivity (Wildman–Crippen MR) is 140 cm³/mol. The molecule has 0 amide bonds. The molecule has 4 aromatic carbocycles. The Hall–Kier alpha value is -4.51. The molecule has 5 nitrogen and oxygen atoms in total. The third-order valence-corrected chi connectivity index (χ3v) is 5.99. The van der Waals surface area contributed by atoms with Crippen LogP contribution in [-0.2, 0) is 0 Å². The topological polar surface area (TPSA) is 58.7 Å². The highest BCUT2D eigenvalue weighted by molar-refractivity contribution is 6.07. The first kappa shape index (κ1) is 21.3. The average Bonchev–Trinajstić information content (AvgIpc) is 3.16. The largest absolute Gasteiger partial charge is 0.378 e. The van der Waals surface area contributed by atoms with Gasteiger partial charge in [0.15, 0.2) is 0 Å². The molecular weight excluding hydrogens is 422 g/mol. The predicted octanol–water partition coefficient (Wildman–Crippen LogP) is 6.98. The molecule has 34 heavy (non-hydrogen) atoms. The average molecular weight is 446 g/mol. The maximum Gasteiger partial charge on any atom is 0.269 e. The number of benzene rings is 4. The second kappa shape index (κ2) is 8.79. The summed E-state index contributed by atoms with van der Waals surface area (Å²) in [5, 5.41) is 10.9. The molecule has 1 aliphatic rings. The molecule has 0 atom stereocenters. The SMILES string of the molecule is CN(C)c1ccc(/C=C2/c3ccccc3-c3ccc(N=Cc4ccc([N+](=O)[O-])cc4)cc32)cc1. The van der Waals surface area contributed by atoms with Gasteiger partial charge in [0.1, 0.15) is 0 Å². The summed E-state index contributed by atoms with van der Waals surface area (Å²) in [6.07, 6.45) is 3.96. The lowest BCUT2D eigenvalue weighted by molar-refractivity contribution is -0.384. The Kier molecular flexibility index (Phi) is 5.52. The monoisotopic (exact) mass is 445 g/mol. The Morgan fingerprint density at radius 3 is 2.09 bits per heavy atom. The van der Waals surface area contributed by atoms with Gasteiger partial charge in [-0.25, -0.2) is 0 Å². The van der Waals surface area contributed by atoms with Crippen molar-refractivity contribution in [3.05, 3.63) is 123 Å². The van der Waals surface area contributed by atoms with E-state index in [1.807, 2.05) is 20.2 Å². The van der Waals surface area contributed by atoms with Gasteiger partial charge < -0.3 is 4.90 Å². The van der Waals surface area contributed by atoms with Crippen molar-refractivity contribution in [3.63, 3.8) is 0 Å². The molecule has 5 heteroatoms. The second-order valence-corrected chi connectivity index (χ2v) is 8.43. The number of nitro groups is 1. The Labute approximate surface area is 198 Å². The molecule has 0 aromatic heterocycles. The highest BCUT2D eigenvalue weighted by atomic mass is 16.6. The quantitative estimate of drug-likeness (QED) is 0.167. The molecule has 166 valence electrons. The van der Waals surface area contributed by atoms with Gasteiger partial charge in [0.25, 0.3) is 5.69 Å². The van der Waals surface area contributed by atoms with E-state index in [0.29, 0.717) is 0 Å². The van der Waals surface area contributed by atoms with E-state index in [9.17, 15) is 10.1 Å². The molecule has 0 fully saturated rings. The lowest BCUT2D eigenvalue weighted by Gasteiger charge is -2.12. The zero-order chi connectivity index (χ0) is 23.7. The first-order valence-corrected chi connectivity index (χ1v) is 11.0. The van der Waals surface area contributed by atoms with Crippen molar-refractivity contribution < 1.29 is 4.92 Å². The van der Waals surface area contributed by atoms with E-state index in [1.54, 1.807) is 18.3 Å². The molecule has 0 radical (unpaired) electrons. The summed E-state index contributed by atoms with van der Waals surface area (Å²) in [4.78, 5) is 17.2. The number of fused-ring (bicyclic) bond motifs is 3. The van der Waals surface area contributed by atoms with E-state index >= 15 is 0 Å². The number of hydrogen-bond acceptors (Lipinski definition) is 4. The van der Waals surface area contributed by atoms with Crippen LogP contribution in [0.25, 0.3) is 22.8 Å². The van der Waals surface area contributed by atoms with Gasteiger partial charge in [0.05, 0.1) is 10.6 Å². The van der Waals surface area contributed by atoms with E-state index in [2.05, 4.69) is 76.6 Å². The summed E-state index contributed by atoms with van der Waals surface area (Å²) in [5.74, 6) is 0. The minimum absolute atomic E-state index is 0.0702. The second-order valence-electron chi connectivity index (χ2n) is 8.43. The number of anilines is 1. The summed E-state index contributed by atoms with van der Waals surface area (Å²) in [7, 11) is 4.07. The van der Waals surface area contributed by atoms with Gasteiger partial charge in [0, 0.05) is 38.1 Å². The lowest BCUT2D eigenvalue weighted by Crippen LogP contribution is -2.07. The highest BCUT2D eigenvalue weighted by Gasteiger charge is 2.23. The Bertz CT molecular complexity index is 1430. The normalized spacial score (nSPS) is 13.2. The van der Waals surface area contributed by atoms with Crippen LogP contribution in [0.5, 0.6) is 0 Å². The molecule has 0 saturated heterocycles. The van der Waals surface area contributed by atoms with Crippen LogP contribution < -0.4 is 4.90 Å². The van der Waals surface area contributed by atoms with E-state index in [0.717, 1.165) is 28.1 Å². The van der Waals surface area contributed by atoms with Gasteiger partial charge >= 0.3 is 0 Å². The summed E-state index contributed by atoms with van der Waals surface area (Å²) in [6.45, 7) is 0. The lowest BCUT2D eigenvalue weighted by atomic mass is 10.0. The Morgan fingerprint density at radius 1 is 0.765 bits per heavy atom. The van der Waals surface area contributed by atoms with Crippen LogP contribution in [-0.4, -0.2) is 25.2 Å². The zero-order valence-electron chi connectivity index (χ0n) is 19.0. The van der Waals surface area contributed by atoms with Crippen LogP contribution in [0.2, 0.25) is 0 Å². The van der Waals surface area contributed by atoms with Crippen LogP contribution in [0, 0.1) is 10.1 Å². The standard InChI is InChI=1S/C29H23N3O2/c1-31(2)23-12-7-20(8-13-23)17-28-26-6-4-3-5-25(26)27-16-11-22(18-29(27)28)30-19-21-9-14-24(15-10-21)32(33)34/h3-19H,1-2H3/b28-17-,30-19?. The summed E-state index contributed by atoms with van der Waals surface area (Å²) in [5.41, 5.74) is 9.98. The van der Waals surface area contributed by atoms with Crippen LogP contribution >= 0.6 is 0 Å². The van der Waals surface area contributed by atoms with Gasteiger partial charge in [-0.1, -0.05) is 42.5 Å². The number of nitro benzene ring substituents is 1. The molecule has 0 spiro atoms. The van der Waals surface area contributed by atoms with Crippen molar-refractivity contribution in [2.75, 3.05) is 19.0 Å². The van der Waals surface area contributed by atoms with E-state index in [-0.39, 0.29) is 5.69 Å². The maximum absolute atomic E-state index is 10.9. The van der Waals surface area contributed by atoms with Gasteiger partial charge in [-0.2, -0.15) is 0 Å². The molecule has 5 rings (SSSR count). The first-order chi connectivity index (χ1) is 16.5. The van der Waals surface area contributed by atoms with Crippen LogP contribution in [0.4, 0.5) is 17.1 Å². The summed E-state index contributed by atoms with van der Waals surface area (Å²) < 4.78 is 0. The fraction of sp³-hybridized carbons (Fsp3) is 0.0690. The molecule has 0 heterocycles. The first-order valence-electron chi connectivity index (χ1n) is 11.0. The zero-order valence-corrected chi connectivity index (χ0v) is 19.0. The molecular formula is C29H23N3O2. The van der Waals surface area contributed by atoms with E-state index < -0.39 is 4.92 Å². The van der Waals surface area contributed by atoms with Gasteiger partial charge in [-0.3, -0.25) is 15.1 Å². The molecule has 0 aliphatic heterocycles. The van der Waals surface area contributed by atoms with Gasteiger partial charge in [-0.05, 0) is 81.4 Å². The van der Waals surface area contributed by atoms with Gasteiger partial charge in [-0.15, -0.1) is 0 Å². The van der Waals surface area contributed by atoms with Crippen molar-refractivity contribution in [3.8, 4) is 11.1 Å². The summed E-state index contributed by atoms with van der Waals surface area (Å²) >= 11 is 0. The molecule has 4 aromatic rings. The molecule has 1 aliphatic carbocycles. The van der Waals surface area contributed by atoms with E-state index in [1.165, 1.54) is 34.4 Å². The van der Waals surface area contributed by atoms with Crippen LogP contribution in [0.15, 0.2) is 96.0 Å². The summed E-state index contributed by atoms with van der Waals surface area (Å²) in [6, 6.07) is 29.6.